The lowest BCUT2D eigenvalue weighted by Gasteiger charge is -2.32. The average Bonchev–Trinajstić information content (AvgIpc) is 3.37. The van der Waals surface area contributed by atoms with Crippen LogP contribution in [0.4, 0.5) is 0 Å². The van der Waals surface area contributed by atoms with Crippen LogP contribution in [-0.4, -0.2) is 67.8 Å². The Labute approximate surface area is 243 Å². The van der Waals surface area contributed by atoms with Crippen LogP contribution in [0.3, 0.4) is 0 Å². The van der Waals surface area contributed by atoms with Gasteiger partial charge in [-0.1, -0.05) is 49.1 Å². The SMILES string of the molecule is C/C=C(/OC)C(OC(=O)[C@@H](O)CC#CC(C)OCc1ccccc1)C1CN(CCC)CCc2cc3c(cc21)OCO3. The lowest BCUT2D eigenvalue weighted by atomic mass is 9.87. The summed E-state index contributed by atoms with van der Waals surface area (Å²) >= 11 is 0. The van der Waals surface area contributed by atoms with Crippen molar-refractivity contribution in [1.29, 1.82) is 0 Å². The smallest absolute Gasteiger partial charge is 0.336 e. The summed E-state index contributed by atoms with van der Waals surface area (Å²) in [5.41, 5.74) is 3.21. The number of aliphatic hydroxyl groups is 1. The maximum atomic E-state index is 13.2. The van der Waals surface area contributed by atoms with E-state index in [1.807, 2.05) is 56.3 Å². The highest BCUT2D eigenvalue weighted by Crippen LogP contribution is 2.41. The van der Waals surface area contributed by atoms with E-state index < -0.39 is 18.2 Å². The molecular weight excluding hydrogens is 522 g/mol. The van der Waals surface area contributed by atoms with Gasteiger partial charge in [0.25, 0.3) is 0 Å². The average molecular weight is 564 g/mol. The van der Waals surface area contributed by atoms with Gasteiger partial charge in [0, 0.05) is 25.4 Å². The first kappa shape index (κ1) is 30.4. The second kappa shape index (κ2) is 14.9. The Morgan fingerprint density at radius 2 is 1.98 bits per heavy atom. The fourth-order valence-electron chi connectivity index (χ4n) is 5.25. The molecule has 0 aromatic heterocycles. The van der Waals surface area contributed by atoms with E-state index in [9.17, 15) is 9.90 Å². The first-order valence-corrected chi connectivity index (χ1v) is 14.3. The second-order valence-electron chi connectivity index (χ2n) is 10.3. The molecule has 0 spiro atoms. The van der Waals surface area contributed by atoms with Gasteiger partial charge in [0.2, 0.25) is 6.79 Å². The molecule has 2 heterocycles. The quantitative estimate of drug-likeness (QED) is 0.241. The molecule has 2 aromatic carbocycles. The van der Waals surface area contributed by atoms with Crippen molar-refractivity contribution in [2.45, 2.75) is 70.9 Å². The van der Waals surface area contributed by atoms with Gasteiger partial charge in [-0.3, -0.25) is 0 Å². The zero-order valence-corrected chi connectivity index (χ0v) is 24.4. The normalized spacial score (nSPS) is 18.8. The van der Waals surface area contributed by atoms with Crippen LogP contribution < -0.4 is 9.47 Å². The van der Waals surface area contributed by atoms with E-state index in [0.717, 1.165) is 48.4 Å². The Morgan fingerprint density at radius 1 is 1.22 bits per heavy atom. The first-order chi connectivity index (χ1) is 19.9. The van der Waals surface area contributed by atoms with E-state index in [4.69, 9.17) is 23.7 Å². The number of hydrogen-bond donors (Lipinski definition) is 1. The Balaban J connectivity index is 1.49. The highest BCUT2D eigenvalue weighted by atomic mass is 16.7. The zero-order chi connectivity index (χ0) is 29.2. The monoisotopic (exact) mass is 563 g/mol. The highest BCUT2D eigenvalue weighted by Gasteiger charge is 2.37. The summed E-state index contributed by atoms with van der Waals surface area (Å²) in [5, 5.41) is 10.7. The van der Waals surface area contributed by atoms with Gasteiger partial charge in [-0.2, -0.15) is 0 Å². The Bertz CT molecular complexity index is 1250. The van der Waals surface area contributed by atoms with Gasteiger partial charge in [0.1, 0.15) is 11.9 Å². The minimum atomic E-state index is -1.41. The third-order valence-electron chi connectivity index (χ3n) is 7.35. The summed E-state index contributed by atoms with van der Waals surface area (Å²) in [6.07, 6.45) is 1.07. The summed E-state index contributed by atoms with van der Waals surface area (Å²) in [5.74, 6) is 6.78. The van der Waals surface area contributed by atoms with Crippen LogP contribution in [0.15, 0.2) is 54.3 Å². The minimum Gasteiger partial charge on any atom is -0.497 e. The van der Waals surface area contributed by atoms with Crippen LogP contribution in [0.2, 0.25) is 0 Å². The number of ether oxygens (including phenoxy) is 5. The zero-order valence-electron chi connectivity index (χ0n) is 24.4. The number of hydrogen-bond acceptors (Lipinski definition) is 8. The second-order valence-corrected chi connectivity index (χ2v) is 10.3. The van der Waals surface area contributed by atoms with Crippen molar-refractivity contribution in [3.63, 3.8) is 0 Å². The lowest BCUT2D eigenvalue weighted by Crippen LogP contribution is -2.38. The summed E-state index contributed by atoms with van der Waals surface area (Å²) in [6.45, 7) is 8.90. The Kier molecular flexibility index (Phi) is 11.1. The number of nitrogens with zero attached hydrogens (tertiary/aromatic N) is 1. The minimum absolute atomic E-state index is 0.0648. The van der Waals surface area contributed by atoms with E-state index in [-0.39, 0.29) is 25.2 Å². The molecule has 220 valence electrons. The van der Waals surface area contributed by atoms with Gasteiger partial charge in [0.15, 0.2) is 23.7 Å². The summed E-state index contributed by atoms with van der Waals surface area (Å²) < 4.78 is 28.8. The number of methoxy groups -OCH3 is 1. The maximum Gasteiger partial charge on any atom is 0.336 e. The van der Waals surface area contributed by atoms with E-state index in [1.54, 1.807) is 13.2 Å². The molecule has 0 bridgehead atoms. The lowest BCUT2D eigenvalue weighted by molar-refractivity contribution is -0.160. The predicted octanol–water partition coefficient (Wildman–Crippen LogP) is 4.59. The third-order valence-corrected chi connectivity index (χ3v) is 7.35. The molecule has 3 unspecified atom stereocenters. The number of carbonyl (C=O) groups excluding carboxylic acids is 1. The molecule has 4 atom stereocenters. The molecule has 0 amide bonds. The summed E-state index contributed by atoms with van der Waals surface area (Å²) in [6, 6.07) is 13.9. The van der Waals surface area contributed by atoms with Crippen molar-refractivity contribution in [2.75, 3.05) is 33.5 Å². The molecule has 2 aliphatic heterocycles. The van der Waals surface area contributed by atoms with Crippen LogP contribution >= 0.6 is 0 Å². The molecule has 0 saturated carbocycles. The number of fused-ring (bicyclic) bond motifs is 2. The molecule has 8 heteroatoms. The van der Waals surface area contributed by atoms with E-state index in [0.29, 0.717) is 24.7 Å². The number of rotatable bonds is 11. The van der Waals surface area contributed by atoms with Crippen molar-refractivity contribution in [2.24, 2.45) is 0 Å². The van der Waals surface area contributed by atoms with Gasteiger partial charge in [-0.05, 0) is 68.1 Å². The van der Waals surface area contributed by atoms with Crippen LogP contribution in [0.5, 0.6) is 11.5 Å². The molecule has 0 fully saturated rings. The van der Waals surface area contributed by atoms with Crippen molar-refractivity contribution in [1.82, 2.24) is 4.90 Å². The first-order valence-electron chi connectivity index (χ1n) is 14.3. The molecule has 41 heavy (non-hydrogen) atoms. The van der Waals surface area contributed by atoms with E-state index in [1.165, 1.54) is 0 Å². The largest absolute Gasteiger partial charge is 0.497 e. The molecule has 0 radical (unpaired) electrons. The van der Waals surface area contributed by atoms with Gasteiger partial charge < -0.3 is 33.7 Å². The van der Waals surface area contributed by atoms with Crippen molar-refractivity contribution in [3.8, 4) is 23.3 Å². The standard InChI is InChI=1S/C33H41NO7/c1-5-16-34-17-15-25-18-30-31(40-22-39-30)19-26(25)27(20-34)32(29(6-2)37-4)41-33(36)28(35)14-10-11-23(3)38-21-24-12-8-7-9-13-24/h6-9,12-13,18-19,23,27-28,32,35H,5,14-17,20-22H2,1-4H3/b29-6+/t23?,27?,28-,32?/m0/s1. The van der Waals surface area contributed by atoms with Crippen molar-refractivity contribution < 1.29 is 33.6 Å². The molecule has 2 aliphatic rings. The predicted molar refractivity (Wildman–Crippen MR) is 155 cm³/mol. The van der Waals surface area contributed by atoms with Crippen LogP contribution in [0.1, 0.15) is 56.2 Å². The number of allylic oxidation sites excluding steroid dienone is 1. The van der Waals surface area contributed by atoms with Crippen molar-refractivity contribution in [3.05, 3.63) is 71.0 Å². The molecule has 8 nitrogen and oxygen atoms in total. The molecule has 4 rings (SSSR count). The molecule has 0 aliphatic carbocycles. The fourth-order valence-corrected chi connectivity index (χ4v) is 5.25. The molecule has 2 aromatic rings. The van der Waals surface area contributed by atoms with Crippen LogP contribution in [0, 0.1) is 11.8 Å². The summed E-state index contributed by atoms with van der Waals surface area (Å²) in [7, 11) is 1.57. The number of carbonyl (C=O) groups is 1. The number of esters is 1. The topological polar surface area (TPSA) is 86.7 Å². The van der Waals surface area contributed by atoms with Gasteiger partial charge in [-0.25, -0.2) is 4.79 Å². The van der Waals surface area contributed by atoms with E-state index >= 15 is 0 Å². The summed E-state index contributed by atoms with van der Waals surface area (Å²) in [4.78, 5) is 15.6. The van der Waals surface area contributed by atoms with Gasteiger partial charge in [-0.15, -0.1) is 0 Å². The van der Waals surface area contributed by atoms with Crippen LogP contribution in [0.25, 0.3) is 0 Å². The highest BCUT2D eigenvalue weighted by molar-refractivity contribution is 5.75. The Morgan fingerprint density at radius 3 is 2.68 bits per heavy atom. The molecule has 0 saturated heterocycles. The van der Waals surface area contributed by atoms with Crippen LogP contribution in [-0.2, 0) is 32.0 Å². The van der Waals surface area contributed by atoms with Gasteiger partial charge in [0.05, 0.1) is 13.7 Å². The molecule has 1 N–H and O–H groups in total. The molecular formula is C33H41NO7. The number of aliphatic hydroxyl groups excluding tert-OH is 1. The number of benzene rings is 2. The third kappa shape index (κ3) is 8.04. The maximum absolute atomic E-state index is 13.2. The fraction of sp³-hybridized carbons (Fsp3) is 0.485. The Hall–Kier alpha value is -3.51. The van der Waals surface area contributed by atoms with Crippen molar-refractivity contribution >= 4 is 5.97 Å². The van der Waals surface area contributed by atoms with E-state index in [2.05, 4.69) is 23.7 Å². The van der Waals surface area contributed by atoms with Gasteiger partial charge >= 0.3 is 5.97 Å².